The van der Waals surface area contributed by atoms with Gasteiger partial charge in [0.1, 0.15) is 0 Å². The van der Waals surface area contributed by atoms with Gasteiger partial charge in [0.25, 0.3) is 0 Å². The van der Waals surface area contributed by atoms with E-state index < -0.39 is 28.2 Å². The Morgan fingerprint density at radius 1 is 1.23 bits per heavy atom. The number of rotatable bonds is 9. The smallest absolute Gasteiger partial charge is 0.398 e. The molecule has 1 amide bonds. The van der Waals surface area contributed by atoms with Gasteiger partial charge in [-0.3, -0.25) is 9.59 Å². The van der Waals surface area contributed by atoms with E-state index in [1.165, 1.54) is 7.05 Å². The summed E-state index contributed by atoms with van der Waals surface area (Å²) in [6.45, 7) is -0.453. The number of hydrogen-bond acceptors (Lipinski definition) is 4. The highest BCUT2D eigenvalue weighted by Crippen LogP contribution is 2.07. The summed E-state index contributed by atoms with van der Waals surface area (Å²) >= 11 is 0. The van der Waals surface area contributed by atoms with E-state index in [9.17, 15) is 18.0 Å². The molecule has 0 aliphatic carbocycles. The molecular formula is C13H19BN2O5S. The molecule has 0 saturated carbocycles. The topological polar surface area (TPSA) is 104 Å². The molecule has 0 unspecified atom stereocenters. The molecule has 0 atom stereocenters. The fourth-order valence-electron chi connectivity index (χ4n) is 1.74. The highest BCUT2D eigenvalue weighted by molar-refractivity contribution is 8.16. The van der Waals surface area contributed by atoms with Gasteiger partial charge in [-0.15, -0.1) is 0 Å². The van der Waals surface area contributed by atoms with E-state index in [2.05, 4.69) is 5.32 Å². The van der Waals surface area contributed by atoms with Gasteiger partial charge in [-0.25, -0.2) is 12.7 Å². The standard InChI is InChI=1S/C13H19BN2O5S/c1-16(10-6-5-9-12(17)18)22(20,21)14-13(19)15-11-7-3-2-4-8-11/h2-4,7-8,14H,5-6,9-10H2,1H3,(H,15,19)(H,17,18). The van der Waals surface area contributed by atoms with Crippen LogP contribution in [0.1, 0.15) is 19.3 Å². The summed E-state index contributed by atoms with van der Waals surface area (Å²) in [5.74, 6) is -1.52. The van der Waals surface area contributed by atoms with Crippen LogP contribution in [-0.4, -0.2) is 49.8 Å². The first kappa shape index (κ1) is 18.2. The summed E-state index contributed by atoms with van der Waals surface area (Å²) in [5, 5.41) is 11.0. The number of unbranched alkanes of at least 4 members (excludes halogenated alkanes) is 1. The molecular weight excluding hydrogens is 307 g/mol. The van der Waals surface area contributed by atoms with Gasteiger partial charge < -0.3 is 10.4 Å². The molecule has 1 rings (SSSR count). The Hall–Kier alpha value is -1.87. The first-order valence-corrected chi connectivity index (χ1v) is 8.43. The van der Waals surface area contributed by atoms with Crippen molar-refractivity contribution in [2.24, 2.45) is 0 Å². The SMILES string of the molecule is CN(CCCCC(=O)O)S(=O)(=O)BC(=O)Nc1ccccc1. The van der Waals surface area contributed by atoms with E-state index in [4.69, 9.17) is 5.11 Å². The summed E-state index contributed by atoms with van der Waals surface area (Å²) in [6.07, 6.45) is 0.829. The number of benzene rings is 1. The maximum Gasteiger partial charge on any atom is 0.398 e. The van der Waals surface area contributed by atoms with Crippen molar-refractivity contribution < 1.29 is 23.1 Å². The minimum absolute atomic E-state index is 0.00236. The number of carbonyl (C=O) groups is 2. The number of carbonyl (C=O) groups excluding carboxylic acids is 1. The van der Waals surface area contributed by atoms with Crippen LogP contribution >= 0.6 is 0 Å². The number of carboxylic acids is 1. The zero-order chi connectivity index (χ0) is 16.6. The second kappa shape index (κ2) is 8.55. The molecule has 1 aromatic rings. The molecule has 0 radical (unpaired) electrons. The normalized spacial score (nSPS) is 11.2. The Bertz CT molecular complexity index is 606. The summed E-state index contributed by atoms with van der Waals surface area (Å²) in [7, 11) is -2.33. The second-order valence-electron chi connectivity index (χ2n) is 4.84. The second-order valence-corrected chi connectivity index (χ2v) is 6.92. The van der Waals surface area contributed by atoms with E-state index in [0.717, 1.165) is 4.31 Å². The molecule has 0 saturated heterocycles. The summed E-state index contributed by atoms with van der Waals surface area (Å²) < 4.78 is 25.1. The van der Waals surface area contributed by atoms with Gasteiger partial charge in [0.05, 0.1) is 0 Å². The first-order valence-electron chi connectivity index (χ1n) is 6.82. The van der Waals surface area contributed by atoms with Crippen molar-refractivity contribution in [1.82, 2.24) is 4.31 Å². The fourth-order valence-corrected chi connectivity index (χ4v) is 2.78. The molecule has 0 heterocycles. The van der Waals surface area contributed by atoms with Crippen LogP contribution in [-0.2, 0) is 14.7 Å². The molecule has 0 aromatic heterocycles. The monoisotopic (exact) mass is 326 g/mol. The van der Waals surface area contributed by atoms with Crippen molar-refractivity contribution in [3.05, 3.63) is 30.3 Å². The summed E-state index contributed by atoms with van der Waals surface area (Å²) in [4.78, 5) is 22.1. The van der Waals surface area contributed by atoms with Gasteiger partial charge >= 0.3 is 12.5 Å². The number of nitrogens with one attached hydrogen (secondary N) is 1. The van der Waals surface area contributed by atoms with Crippen LogP contribution in [0.2, 0.25) is 0 Å². The predicted octanol–water partition coefficient (Wildman–Crippen LogP) is 1.09. The highest BCUT2D eigenvalue weighted by atomic mass is 32.2. The average molecular weight is 326 g/mol. The fraction of sp³-hybridized carbons (Fsp3) is 0.385. The van der Waals surface area contributed by atoms with Crippen LogP contribution in [0, 0.1) is 0 Å². The molecule has 22 heavy (non-hydrogen) atoms. The molecule has 9 heteroatoms. The third-order valence-electron chi connectivity index (χ3n) is 2.96. The molecule has 1 aromatic carbocycles. The number of carboxylic acid groups (broad SMARTS) is 1. The predicted molar refractivity (Wildman–Crippen MR) is 85.6 cm³/mol. The van der Waals surface area contributed by atoms with Crippen molar-refractivity contribution in [3.63, 3.8) is 0 Å². The molecule has 0 aliphatic rings. The Kier molecular flexibility index (Phi) is 7.06. The van der Waals surface area contributed by atoms with Gasteiger partial charge in [-0.2, -0.15) is 0 Å². The van der Waals surface area contributed by atoms with Crippen LogP contribution in [0.4, 0.5) is 10.5 Å². The minimum Gasteiger partial charge on any atom is -0.481 e. The number of amides is 1. The van der Waals surface area contributed by atoms with Gasteiger partial charge in [-0.05, 0) is 25.0 Å². The van der Waals surface area contributed by atoms with E-state index in [1.807, 2.05) is 0 Å². The van der Waals surface area contributed by atoms with Crippen molar-refractivity contribution in [1.29, 1.82) is 0 Å². The van der Waals surface area contributed by atoms with E-state index in [1.54, 1.807) is 30.3 Å². The molecule has 2 N–H and O–H groups in total. The van der Waals surface area contributed by atoms with Crippen LogP contribution in [0.25, 0.3) is 0 Å². The van der Waals surface area contributed by atoms with Crippen LogP contribution in [0.5, 0.6) is 0 Å². The van der Waals surface area contributed by atoms with Crippen molar-refractivity contribution in [3.8, 4) is 0 Å². The van der Waals surface area contributed by atoms with Gasteiger partial charge in [0, 0.05) is 25.7 Å². The Morgan fingerprint density at radius 3 is 2.45 bits per heavy atom. The lowest BCUT2D eigenvalue weighted by atomic mass is 10.1. The maximum absolute atomic E-state index is 12.0. The largest absolute Gasteiger partial charge is 0.481 e. The zero-order valence-electron chi connectivity index (χ0n) is 12.4. The Labute approximate surface area is 130 Å². The molecule has 0 aliphatic heterocycles. The number of aliphatic carboxylic acids is 1. The molecule has 7 nitrogen and oxygen atoms in total. The van der Waals surface area contributed by atoms with Crippen molar-refractivity contribution in [2.75, 3.05) is 18.9 Å². The highest BCUT2D eigenvalue weighted by Gasteiger charge is 2.24. The third kappa shape index (κ3) is 6.73. The summed E-state index contributed by atoms with van der Waals surface area (Å²) in [6, 6.07) is 8.59. The zero-order valence-corrected chi connectivity index (χ0v) is 13.2. The lowest BCUT2D eigenvalue weighted by Gasteiger charge is -2.16. The van der Waals surface area contributed by atoms with Crippen molar-refractivity contribution in [2.45, 2.75) is 19.3 Å². The van der Waals surface area contributed by atoms with E-state index in [0.29, 0.717) is 18.5 Å². The Morgan fingerprint density at radius 2 is 1.86 bits per heavy atom. The number of nitrogens with zero attached hydrogens (tertiary/aromatic N) is 1. The first-order chi connectivity index (χ1) is 10.3. The molecule has 120 valence electrons. The quantitative estimate of drug-likeness (QED) is 0.522. The van der Waals surface area contributed by atoms with E-state index in [-0.39, 0.29) is 13.0 Å². The van der Waals surface area contributed by atoms with E-state index >= 15 is 0 Å². The van der Waals surface area contributed by atoms with Gasteiger partial charge in [-0.1, -0.05) is 18.2 Å². The lowest BCUT2D eigenvalue weighted by molar-refractivity contribution is -0.137. The molecule has 0 spiro atoms. The number of hydrogen-bond donors (Lipinski definition) is 2. The van der Waals surface area contributed by atoms with Crippen LogP contribution in [0.15, 0.2) is 30.3 Å². The third-order valence-corrected chi connectivity index (χ3v) is 4.72. The molecule has 0 bridgehead atoms. The van der Waals surface area contributed by atoms with Gasteiger partial charge in [0.15, 0.2) is 15.7 Å². The maximum atomic E-state index is 12.0. The minimum atomic E-state index is -3.71. The molecule has 0 fully saturated rings. The Balaban J connectivity index is 2.44. The van der Waals surface area contributed by atoms with Crippen LogP contribution < -0.4 is 5.32 Å². The van der Waals surface area contributed by atoms with Gasteiger partial charge in [0.2, 0.25) is 0 Å². The number of para-hydroxylation sites is 1. The van der Waals surface area contributed by atoms with Crippen molar-refractivity contribution >= 4 is 33.9 Å². The average Bonchev–Trinajstić information content (AvgIpc) is 2.43. The lowest BCUT2D eigenvalue weighted by Crippen LogP contribution is -2.37. The summed E-state index contributed by atoms with van der Waals surface area (Å²) in [5.41, 5.74) is 0.534. The van der Waals surface area contributed by atoms with Crippen LogP contribution in [0.3, 0.4) is 0 Å². The number of anilines is 1.